The van der Waals surface area contributed by atoms with Gasteiger partial charge in [0.05, 0.1) is 5.69 Å². The third-order valence-corrected chi connectivity index (χ3v) is 2.10. The highest BCUT2D eigenvalue weighted by molar-refractivity contribution is 6.34. The Bertz CT molecular complexity index is 452. The summed E-state index contributed by atoms with van der Waals surface area (Å²) in [6, 6.07) is 0. The Morgan fingerprint density at radius 1 is 1.38 bits per heavy atom. The Morgan fingerprint density at radius 2 is 2.15 bits per heavy atom. The standard InChI is InChI=1S/C8H8ClN3O/c1-3-5-10-7(9)6-4(2)12-13-8(6)11-5/h3H2,1-2H3. The molecule has 2 heterocycles. The Kier molecular flexibility index (Phi) is 1.92. The van der Waals surface area contributed by atoms with Gasteiger partial charge in [0.25, 0.3) is 5.71 Å². The molecule has 0 radical (unpaired) electrons. The Morgan fingerprint density at radius 3 is 2.85 bits per heavy atom. The van der Waals surface area contributed by atoms with Gasteiger partial charge >= 0.3 is 0 Å². The molecule has 0 amide bonds. The Balaban J connectivity index is 2.79. The van der Waals surface area contributed by atoms with Gasteiger partial charge in [-0.3, -0.25) is 0 Å². The SMILES string of the molecule is CCc1nc(Cl)c2c(C)noc2n1. The highest BCUT2D eigenvalue weighted by Gasteiger charge is 2.12. The molecule has 4 nitrogen and oxygen atoms in total. The molecule has 0 bridgehead atoms. The summed E-state index contributed by atoms with van der Waals surface area (Å²) in [6.07, 6.45) is 0.732. The van der Waals surface area contributed by atoms with Crippen molar-refractivity contribution in [2.45, 2.75) is 20.3 Å². The molecule has 5 heteroatoms. The lowest BCUT2D eigenvalue weighted by atomic mass is 10.3. The van der Waals surface area contributed by atoms with Crippen molar-refractivity contribution < 1.29 is 4.52 Å². The van der Waals surface area contributed by atoms with Crippen LogP contribution in [0.2, 0.25) is 5.15 Å². The largest absolute Gasteiger partial charge is 0.335 e. The van der Waals surface area contributed by atoms with Gasteiger partial charge in [-0.15, -0.1) is 0 Å². The summed E-state index contributed by atoms with van der Waals surface area (Å²) in [6.45, 7) is 3.77. The molecule has 0 unspecified atom stereocenters. The highest BCUT2D eigenvalue weighted by Crippen LogP contribution is 2.23. The van der Waals surface area contributed by atoms with Gasteiger partial charge in [0.15, 0.2) is 0 Å². The Labute approximate surface area is 79.9 Å². The van der Waals surface area contributed by atoms with Crippen LogP contribution in [0.3, 0.4) is 0 Å². The first-order valence-corrected chi connectivity index (χ1v) is 4.38. The zero-order valence-electron chi connectivity index (χ0n) is 7.33. The normalized spacial score (nSPS) is 11.0. The summed E-state index contributed by atoms with van der Waals surface area (Å²) >= 11 is 5.94. The van der Waals surface area contributed by atoms with E-state index in [1.165, 1.54) is 0 Å². The number of halogens is 1. The smallest absolute Gasteiger partial charge is 0.262 e. The first kappa shape index (κ1) is 8.44. The van der Waals surface area contributed by atoms with Crippen molar-refractivity contribution in [2.75, 3.05) is 0 Å². The van der Waals surface area contributed by atoms with Crippen molar-refractivity contribution in [1.82, 2.24) is 15.1 Å². The molecular weight excluding hydrogens is 190 g/mol. The zero-order valence-corrected chi connectivity index (χ0v) is 8.09. The van der Waals surface area contributed by atoms with E-state index < -0.39 is 0 Å². The van der Waals surface area contributed by atoms with Gasteiger partial charge in [-0.1, -0.05) is 23.7 Å². The van der Waals surface area contributed by atoms with Gasteiger partial charge < -0.3 is 4.52 Å². The maximum absolute atomic E-state index is 5.94. The lowest BCUT2D eigenvalue weighted by molar-refractivity contribution is 0.442. The second-order valence-electron chi connectivity index (χ2n) is 2.73. The van der Waals surface area contributed by atoms with Gasteiger partial charge in [-0.25, -0.2) is 4.98 Å². The second kappa shape index (κ2) is 2.96. The van der Waals surface area contributed by atoms with Crippen molar-refractivity contribution in [3.63, 3.8) is 0 Å². The average Bonchev–Trinajstić information content (AvgIpc) is 2.48. The third-order valence-electron chi connectivity index (χ3n) is 1.83. The topological polar surface area (TPSA) is 51.8 Å². The summed E-state index contributed by atoms with van der Waals surface area (Å²) in [4.78, 5) is 8.26. The van der Waals surface area contributed by atoms with Gasteiger partial charge in [0.1, 0.15) is 16.4 Å². The molecule has 0 saturated heterocycles. The van der Waals surface area contributed by atoms with Crippen LogP contribution >= 0.6 is 11.6 Å². The molecule has 0 N–H and O–H groups in total. The minimum absolute atomic E-state index is 0.417. The third kappa shape index (κ3) is 1.27. The number of aromatic nitrogens is 3. The molecule has 0 aliphatic carbocycles. The lowest BCUT2D eigenvalue weighted by Crippen LogP contribution is -1.92. The minimum atomic E-state index is 0.417. The van der Waals surface area contributed by atoms with Crippen LogP contribution in [0.5, 0.6) is 0 Å². The van der Waals surface area contributed by atoms with E-state index in [0.29, 0.717) is 22.1 Å². The number of rotatable bonds is 1. The summed E-state index contributed by atoms with van der Waals surface area (Å²) in [5.41, 5.74) is 1.19. The molecule has 0 aliphatic heterocycles. The van der Waals surface area contributed by atoms with Crippen LogP contribution in [-0.4, -0.2) is 15.1 Å². The molecular formula is C8H8ClN3O. The van der Waals surface area contributed by atoms with Gasteiger partial charge in [-0.05, 0) is 6.92 Å². The van der Waals surface area contributed by atoms with E-state index in [0.717, 1.165) is 12.1 Å². The highest BCUT2D eigenvalue weighted by atomic mass is 35.5. The fraction of sp³-hybridized carbons (Fsp3) is 0.375. The number of fused-ring (bicyclic) bond motifs is 1. The van der Waals surface area contributed by atoms with Crippen LogP contribution in [-0.2, 0) is 6.42 Å². The van der Waals surface area contributed by atoms with Crippen molar-refractivity contribution in [3.05, 3.63) is 16.7 Å². The van der Waals surface area contributed by atoms with Gasteiger partial charge in [-0.2, -0.15) is 4.98 Å². The fourth-order valence-corrected chi connectivity index (χ4v) is 1.46. The molecule has 0 atom stereocenters. The molecule has 68 valence electrons. The lowest BCUT2D eigenvalue weighted by Gasteiger charge is -1.95. The van der Waals surface area contributed by atoms with E-state index >= 15 is 0 Å². The van der Waals surface area contributed by atoms with E-state index in [9.17, 15) is 0 Å². The molecule has 2 aromatic rings. The van der Waals surface area contributed by atoms with Gasteiger partial charge in [0, 0.05) is 6.42 Å². The average molecular weight is 198 g/mol. The molecule has 2 aromatic heterocycles. The predicted molar refractivity (Wildman–Crippen MR) is 48.7 cm³/mol. The molecule has 0 aliphatic rings. The van der Waals surface area contributed by atoms with E-state index in [4.69, 9.17) is 16.1 Å². The molecule has 13 heavy (non-hydrogen) atoms. The van der Waals surface area contributed by atoms with Crippen molar-refractivity contribution >= 4 is 22.7 Å². The maximum atomic E-state index is 5.94. The van der Waals surface area contributed by atoms with E-state index in [2.05, 4.69) is 15.1 Å². The summed E-state index contributed by atoms with van der Waals surface area (Å²) in [5.74, 6) is 0.675. The van der Waals surface area contributed by atoms with E-state index in [1.807, 2.05) is 13.8 Å². The molecule has 0 aromatic carbocycles. The van der Waals surface area contributed by atoms with Crippen LogP contribution in [0.25, 0.3) is 11.1 Å². The molecule has 2 rings (SSSR count). The molecule has 0 saturated carbocycles. The molecule has 0 fully saturated rings. The number of hydrogen-bond donors (Lipinski definition) is 0. The number of nitrogens with zero attached hydrogens (tertiary/aromatic N) is 3. The Hall–Kier alpha value is -1.16. The first-order valence-electron chi connectivity index (χ1n) is 4.00. The fourth-order valence-electron chi connectivity index (χ4n) is 1.14. The quantitative estimate of drug-likeness (QED) is 0.658. The number of aryl methyl sites for hydroxylation is 2. The zero-order chi connectivity index (χ0) is 9.42. The molecule has 0 spiro atoms. The van der Waals surface area contributed by atoms with Crippen LogP contribution in [0.4, 0.5) is 0 Å². The van der Waals surface area contributed by atoms with E-state index in [1.54, 1.807) is 0 Å². The maximum Gasteiger partial charge on any atom is 0.262 e. The van der Waals surface area contributed by atoms with Crippen LogP contribution in [0, 0.1) is 6.92 Å². The van der Waals surface area contributed by atoms with E-state index in [-0.39, 0.29) is 0 Å². The van der Waals surface area contributed by atoms with Crippen LogP contribution < -0.4 is 0 Å². The number of hydrogen-bond acceptors (Lipinski definition) is 4. The van der Waals surface area contributed by atoms with Crippen molar-refractivity contribution in [2.24, 2.45) is 0 Å². The van der Waals surface area contributed by atoms with Crippen molar-refractivity contribution in [3.8, 4) is 0 Å². The summed E-state index contributed by atoms with van der Waals surface area (Å²) in [5, 5.41) is 4.89. The van der Waals surface area contributed by atoms with Crippen LogP contribution in [0.1, 0.15) is 18.4 Å². The summed E-state index contributed by atoms with van der Waals surface area (Å²) < 4.78 is 4.99. The minimum Gasteiger partial charge on any atom is -0.335 e. The van der Waals surface area contributed by atoms with Crippen LogP contribution in [0.15, 0.2) is 4.52 Å². The van der Waals surface area contributed by atoms with Crippen molar-refractivity contribution in [1.29, 1.82) is 0 Å². The predicted octanol–water partition coefficient (Wildman–Crippen LogP) is 2.14. The first-order chi connectivity index (χ1) is 6.22. The monoisotopic (exact) mass is 197 g/mol. The second-order valence-corrected chi connectivity index (χ2v) is 3.09. The van der Waals surface area contributed by atoms with Gasteiger partial charge in [0.2, 0.25) is 0 Å². The summed E-state index contributed by atoms with van der Waals surface area (Å²) in [7, 11) is 0.